The molecule has 1 aliphatic rings. The van der Waals surface area contributed by atoms with E-state index >= 15 is 0 Å². The zero-order chi connectivity index (χ0) is 13.8. The van der Waals surface area contributed by atoms with E-state index in [-0.39, 0.29) is 24.4 Å². The molecule has 2 amide bonds. The van der Waals surface area contributed by atoms with Crippen LogP contribution < -0.4 is 15.5 Å². The van der Waals surface area contributed by atoms with Crippen molar-refractivity contribution < 1.29 is 9.59 Å². The largest absolute Gasteiger partial charge is 0.384 e. The lowest BCUT2D eigenvalue weighted by Gasteiger charge is -2.35. The van der Waals surface area contributed by atoms with Gasteiger partial charge in [-0.1, -0.05) is 6.92 Å². The zero-order valence-corrected chi connectivity index (χ0v) is 11.1. The van der Waals surface area contributed by atoms with Gasteiger partial charge in [0.2, 0.25) is 11.8 Å². The van der Waals surface area contributed by atoms with Crippen molar-refractivity contribution in [1.82, 2.24) is 10.3 Å². The van der Waals surface area contributed by atoms with E-state index < -0.39 is 0 Å². The number of aromatic nitrogens is 1. The predicted octanol–water partition coefficient (Wildman–Crippen LogP) is 0.755. The summed E-state index contributed by atoms with van der Waals surface area (Å²) in [6.45, 7) is 4.90. The topological polar surface area (TPSA) is 74.3 Å². The fourth-order valence-corrected chi connectivity index (χ4v) is 2.23. The number of hydrogen-bond donors (Lipinski definition) is 2. The smallest absolute Gasteiger partial charge is 0.249 e. The monoisotopic (exact) mass is 262 g/mol. The van der Waals surface area contributed by atoms with Crippen molar-refractivity contribution in [2.75, 3.05) is 23.3 Å². The highest BCUT2D eigenvalue weighted by molar-refractivity contribution is 6.04. The predicted molar refractivity (Wildman–Crippen MR) is 73.0 cm³/mol. The highest BCUT2D eigenvalue weighted by atomic mass is 16.2. The second kappa shape index (κ2) is 5.69. The van der Waals surface area contributed by atoms with E-state index in [1.165, 1.54) is 0 Å². The molecule has 102 valence electrons. The zero-order valence-electron chi connectivity index (χ0n) is 11.1. The first-order valence-electron chi connectivity index (χ1n) is 6.45. The van der Waals surface area contributed by atoms with Gasteiger partial charge in [0, 0.05) is 6.54 Å². The quantitative estimate of drug-likeness (QED) is 0.783. The average molecular weight is 262 g/mol. The summed E-state index contributed by atoms with van der Waals surface area (Å²) in [7, 11) is 0. The molecule has 0 aromatic carbocycles. The Morgan fingerprint density at radius 2 is 2.21 bits per heavy atom. The van der Waals surface area contributed by atoms with E-state index in [2.05, 4.69) is 15.6 Å². The van der Waals surface area contributed by atoms with Gasteiger partial charge in [-0.15, -0.1) is 0 Å². The Kier molecular flexibility index (Phi) is 3.99. The second-order valence-electron chi connectivity index (χ2n) is 4.43. The molecule has 0 aliphatic carbocycles. The Balaban J connectivity index is 2.29. The molecule has 1 unspecified atom stereocenters. The van der Waals surface area contributed by atoms with Crippen LogP contribution in [0.25, 0.3) is 0 Å². The van der Waals surface area contributed by atoms with E-state index in [1.54, 1.807) is 17.3 Å². The van der Waals surface area contributed by atoms with Crippen molar-refractivity contribution in [2.45, 2.75) is 26.3 Å². The first-order valence-corrected chi connectivity index (χ1v) is 6.45. The number of amides is 2. The van der Waals surface area contributed by atoms with Gasteiger partial charge in [-0.25, -0.2) is 0 Å². The standard InChI is InChI=1S/C13H18N4O2/c1-3-11-13(19)16-12(18)8-17(11)10-5-9(15-4-2)6-14-7-10/h5-7,11,15H,3-4,8H2,1-2H3,(H,16,18,19). The summed E-state index contributed by atoms with van der Waals surface area (Å²) in [4.78, 5) is 29.3. The van der Waals surface area contributed by atoms with E-state index in [0.717, 1.165) is 17.9 Å². The maximum atomic E-state index is 11.8. The Hall–Kier alpha value is -2.11. The summed E-state index contributed by atoms with van der Waals surface area (Å²) in [5.41, 5.74) is 1.67. The molecule has 1 aromatic heterocycles. The number of pyridine rings is 1. The van der Waals surface area contributed by atoms with Crippen LogP contribution in [-0.2, 0) is 9.59 Å². The van der Waals surface area contributed by atoms with Crippen molar-refractivity contribution in [3.8, 4) is 0 Å². The summed E-state index contributed by atoms with van der Waals surface area (Å²) >= 11 is 0. The minimum absolute atomic E-state index is 0.182. The van der Waals surface area contributed by atoms with Gasteiger partial charge in [0.05, 0.1) is 30.3 Å². The van der Waals surface area contributed by atoms with Crippen molar-refractivity contribution >= 4 is 23.2 Å². The van der Waals surface area contributed by atoms with Gasteiger partial charge in [-0.3, -0.25) is 19.9 Å². The van der Waals surface area contributed by atoms with Crippen molar-refractivity contribution in [1.29, 1.82) is 0 Å². The number of nitrogens with zero attached hydrogens (tertiary/aromatic N) is 2. The third kappa shape index (κ3) is 2.83. The number of imide groups is 1. The molecule has 0 bridgehead atoms. The molecule has 1 saturated heterocycles. The van der Waals surface area contributed by atoms with Crippen LogP contribution in [-0.4, -0.2) is 35.9 Å². The number of hydrogen-bond acceptors (Lipinski definition) is 5. The molecule has 6 nitrogen and oxygen atoms in total. The Bertz CT molecular complexity index is 489. The number of carbonyl (C=O) groups is 2. The van der Waals surface area contributed by atoms with E-state index in [1.807, 2.05) is 19.9 Å². The molecular formula is C13H18N4O2. The third-order valence-electron chi connectivity index (χ3n) is 3.08. The van der Waals surface area contributed by atoms with Gasteiger partial charge in [0.25, 0.3) is 0 Å². The van der Waals surface area contributed by atoms with E-state index in [9.17, 15) is 9.59 Å². The van der Waals surface area contributed by atoms with Crippen LogP contribution in [0.3, 0.4) is 0 Å². The maximum absolute atomic E-state index is 11.8. The van der Waals surface area contributed by atoms with Crippen LogP contribution in [0.4, 0.5) is 11.4 Å². The number of anilines is 2. The summed E-state index contributed by atoms with van der Waals surface area (Å²) in [6.07, 6.45) is 4.04. The molecular weight excluding hydrogens is 244 g/mol. The molecule has 2 rings (SSSR count). The molecule has 1 aliphatic heterocycles. The Labute approximate surface area is 112 Å². The van der Waals surface area contributed by atoms with Crippen LogP contribution in [0.1, 0.15) is 20.3 Å². The Morgan fingerprint density at radius 1 is 1.42 bits per heavy atom. The summed E-state index contributed by atoms with van der Waals surface area (Å²) in [6, 6.07) is 1.58. The SMILES string of the molecule is CCNc1cncc(N2CC(=O)NC(=O)C2CC)c1. The molecule has 1 fully saturated rings. The van der Waals surface area contributed by atoms with Crippen molar-refractivity contribution in [3.05, 3.63) is 18.5 Å². The van der Waals surface area contributed by atoms with Gasteiger partial charge < -0.3 is 10.2 Å². The highest BCUT2D eigenvalue weighted by Gasteiger charge is 2.32. The molecule has 0 radical (unpaired) electrons. The van der Waals surface area contributed by atoms with Crippen LogP contribution >= 0.6 is 0 Å². The van der Waals surface area contributed by atoms with Crippen LogP contribution in [0, 0.1) is 0 Å². The summed E-state index contributed by atoms with van der Waals surface area (Å²) < 4.78 is 0. The number of carbonyl (C=O) groups excluding carboxylic acids is 2. The lowest BCUT2D eigenvalue weighted by molar-refractivity contribution is -0.132. The first kappa shape index (κ1) is 13.3. The second-order valence-corrected chi connectivity index (χ2v) is 4.43. The summed E-state index contributed by atoms with van der Waals surface area (Å²) in [5, 5.41) is 5.53. The van der Waals surface area contributed by atoms with Gasteiger partial charge >= 0.3 is 0 Å². The lowest BCUT2D eigenvalue weighted by Crippen LogP contribution is -2.58. The van der Waals surface area contributed by atoms with E-state index in [4.69, 9.17) is 0 Å². The third-order valence-corrected chi connectivity index (χ3v) is 3.08. The van der Waals surface area contributed by atoms with Gasteiger partial charge in [-0.05, 0) is 19.4 Å². The van der Waals surface area contributed by atoms with Crippen LogP contribution in [0.15, 0.2) is 18.5 Å². The average Bonchev–Trinajstić information content (AvgIpc) is 2.38. The molecule has 19 heavy (non-hydrogen) atoms. The Morgan fingerprint density at radius 3 is 2.89 bits per heavy atom. The molecule has 1 aromatic rings. The van der Waals surface area contributed by atoms with Crippen molar-refractivity contribution in [3.63, 3.8) is 0 Å². The van der Waals surface area contributed by atoms with Crippen LogP contribution in [0.2, 0.25) is 0 Å². The summed E-state index contributed by atoms with van der Waals surface area (Å²) in [5.74, 6) is -0.517. The minimum Gasteiger partial charge on any atom is -0.384 e. The molecule has 2 N–H and O–H groups in total. The van der Waals surface area contributed by atoms with E-state index in [0.29, 0.717) is 6.42 Å². The van der Waals surface area contributed by atoms with Crippen LogP contribution in [0.5, 0.6) is 0 Å². The first-order chi connectivity index (χ1) is 9.15. The normalized spacial score (nSPS) is 19.3. The minimum atomic E-state index is -0.323. The number of nitrogens with one attached hydrogen (secondary N) is 2. The number of rotatable bonds is 4. The van der Waals surface area contributed by atoms with Gasteiger partial charge in [0.1, 0.15) is 6.04 Å². The lowest BCUT2D eigenvalue weighted by atomic mass is 10.1. The molecule has 6 heteroatoms. The van der Waals surface area contributed by atoms with Gasteiger partial charge in [0.15, 0.2) is 0 Å². The highest BCUT2D eigenvalue weighted by Crippen LogP contribution is 2.22. The molecule has 0 spiro atoms. The van der Waals surface area contributed by atoms with Crippen molar-refractivity contribution in [2.24, 2.45) is 0 Å². The fourth-order valence-electron chi connectivity index (χ4n) is 2.23. The maximum Gasteiger partial charge on any atom is 0.249 e. The molecule has 0 saturated carbocycles. The molecule has 2 heterocycles. The number of piperazine rings is 1. The molecule has 1 atom stereocenters. The van der Waals surface area contributed by atoms with Gasteiger partial charge in [-0.2, -0.15) is 0 Å². The fraction of sp³-hybridized carbons (Fsp3) is 0.462.